The number of piperazine rings is 1. The second-order valence-electron chi connectivity index (χ2n) is 6.51. The van der Waals surface area contributed by atoms with Crippen LogP contribution >= 0.6 is 24.8 Å². The molecule has 1 aromatic carbocycles. The number of hydrogen-bond donors (Lipinski definition) is 1. The smallest absolute Gasteiger partial charge is 0.314 e. The Kier molecular flexibility index (Phi) is 10.3. The SMILES string of the molecule is CC(C)CC[C@H](c1ccc(C(F)(F)F)cc1F)N1CCNCC1.Cl.Cl. The summed E-state index contributed by atoms with van der Waals surface area (Å²) in [6.07, 6.45) is -2.85. The molecule has 0 bridgehead atoms. The first-order chi connectivity index (χ1) is 10.8. The van der Waals surface area contributed by atoms with Gasteiger partial charge in [0, 0.05) is 37.8 Å². The summed E-state index contributed by atoms with van der Waals surface area (Å²) in [4.78, 5) is 2.17. The molecule has 0 saturated carbocycles. The minimum atomic E-state index is -4.51. The van der Waals surface area contributed by atoms with Crippen molar-refractivity contribution in [1.29, 1.82) is 0 Å². The van der Waals surface area contributed by atoms with Crippen LogP contribution < -0.4 is 5.32 Å². The quantitative estimate of drug-likeness (QED) is 0.689. The molecule has 1 atom stereocenters. The third kappa shape index (κ3) is 6.93. The standard InChI is InChI=1S/C17H24F4N2.2ClH/c1-12(2)3-6-16(23-9-7-22-8-10-23)14-5-4-13(11-15(14)18)17(19,20)21;;/h4-5,11-12,16,22H,3,6-10H2,1-2H3;2*1H/t16-;;/m1../s1. The van der Waals surface area contributed by atoms with Gasteiger partial charge in [-0.05, 0) is 30.9 Å². The number of alkyl halides is 3. The van der Waals surface area contributed by atoms with Crippen molar-refractivity contribution in [3.05, 3.63) is 35.1 Å². The van der Waals surface area contributed by atoms with E-state index in [9.17, 15) is 17.6 Å². The number of nitrogens with zero attached hydrogens (tertiary/aromatic N) is 1. The zero-order chi connectivity index (χ0) is 17.0. The van der Waals surface area contributed by atoms with Gasteiger partial charge in [-0.25, -0.2) is 4.39 Å². The molecule has 25 heavy (non-hydrogen) atoms. The van der Waals surface area contributed by atoms with Crippen molar-refractivity contribution in [2.45, 2.75) is 38.9 Å². The van der Waals surface area contributed by atoms with Gasteiger partial charge < -0.3 is 5.32 Å². The Labute approximate surface area is 159 Å². The van der Waals surface area contributed by atoms with Gasteiger partial charge in [-0.3, -0.25) is 4.90 Å². The summed E-state index contributed by atoms with van der Waals surface area (Å²) in [5.74, 6) is -0.287. The van der Waals surface area contributed by atoms with Crippen LogP contribution in [0.4, 0.5) is 17.6 Å². The van der Waals surface area contributed by atoms with Crippen molar-refractivity contribution < 1.29 is 17.6 Å². The van der Waals surface area contributed by atoms with Gasteiger partial charge in [-0.1, -0.05) is 19.9 Å². The molecule has 1 fully saturated rings. The van der Waals surface area contributed by atoms with E-state index in [0.29, 0.717) is 17.5 Å². The lowest BCUT2D eigenvalue weighted by Crippen LogP contribution is -2.45. The van der Waals surface area contributed by atoms with E-state index >= 15 is 0 Å². The van der Waals surface area contributed by atoms with Crippen LogP contribution in [0.1, 0.15) is 43.9 Å². The maximum atomic E-state index is 14.4. The molecule has 0 unspecified atom stereocenters. The summed E-state index contributed by atoms with van der Waals surface area (Å²) in [6.45, 7) is 7.39. The van der Waals surface area contributed by atoms with Crippen molar-refractivity contribution in [2.24, 2.45) is 5.92 Å². The largest absolute Gasteiger partial charge is 0.416 e. The third-order valence-corrected chi connectivity index (χ3v) is 4.30. The molecule has 1 N–H and O–H groups in total. The second kappa shape index (κ2) is 10.6. The van der Waals surface area contributed by atoms with Crippen LogP contribution in [0.2, 0.25) is 0 Å². The number of hydrogen-bond acceptors (Lipinski definition) is 2. The minimum absolute atomic E-state index is 0. The molecule has 8 heteroatoms. The fourth-order valence-corrected chi connectivity index (χ4v) is 2.99. The number of halogens is 6. The Hall–Kier alpha value is -0.560. The Bertz CT molecular complexity index is 518. The zero-order valence-electron chi connectivity index (χ0n) is 14.4. The highest BCUT2D eigenvalue weighted by Crippen LogP contribution is 2.34. The zero-order valence-corrected chi connectivity index (χ0v) is 16.0. The summed E-state index contributed by atoms with van der Waals surface area (Å²) >= 11 is 0. The van der Waals surface area contributed by atoms with Gasteiger partial charge in [0.1, 0.15) is 5.82 Å². The average Bonchev–Trinajstić information content (AvgIpc) is 2.48. The molecule has 1 aliphatic rings. The Morgan fingerprint density at radius 2 is 1.68 bits per heavy atom. The molecule has 1 heterocycles. The lowest BCUT2D eigenvalue weighted by Gasteiger charge is -2.36. The number of rotatable bonds is 5. The van der Waals surface area contributed by atoms with Crippen LogP contribution in [0.3, 0.4) is 0 Å². The van der Waals surface area contributed by atoms with Crippen LogP contribution in [-0.4, -0.2) is 31.1 Å². The average molecular weight is 405 g/mol. The van der Waals surface area contributed by atoms with E-state index in [1.165, 1.54) is 6.07 Å². The van der Waals surface area contributed by atoms with Crippen LogP contribution in [0.25, 0.3) is 0 Å². The summed E-state index contributed by atoms with van der Waals surface area (Å²) in [7, 11) is 0. The highest BCUT2D eigenvalue weighted by atomic mass is 35.5. The van der Waals surface area contributed by atoms with Crippen LogP contribution in [0.15, 0.2) is 18.2 Å². The molecular weight excluding hydrogens is 379 g/mol. The van der Waals surface area contributed by atoms with Crippen LogP contribution in [0, 0.1) is 11.7 Å². The molecule has 0 aromatic heterocycles. The molecule has 2 nitrogen and oxygen atoms in total. The molecule has 1 aliphatic heterocycles. The van der Waals surface area contributed by atoms with Crippen molar-refractivity contribution >= 4 is 24.8 Å². The van der Waals surface area contributed by atoms with Gasteiger partial charge in [-0.15, -0.1) is 24.8 Å². The van der Waals surface area contributed by atoms with Crippen LogP contribution in [0.5, 0.6) is 0 Å². The molecule has 146 valence electrons. The monoisotopic (exact) mass is 404 g/mol. The van der Waals surface area contributed by atoms with E-state index in [-0.39, 0.29) is 30.9 Å². The van der Waals surface area contributed by atoms with Gasteiger partial charge in [0.25, 0.3) is 0 Å². The number of nitrogens with one attached hydrogen (secondary N) is 1. The predicted molar refractivity (Wildman–Crippen MR) is 97.2 cm³/mol. The fraction of sp³-hybridized carbons (Fsp3) is 0.647. The van der Waals surface area contributed by atoms with Gasteiger partial charge >= 0.3 is 6.18 Å². The van der Waals surface area contributed by atoms with Crippen molar-refractivity contribution in [3.63, 3.8) is 0 Å². The molecule has 0 spiro atoms. The normalized spacial score (nSPS) is 16.9. The maximum absolute atomic E-state index is 14.4. The van der Waals surface area contributed by atoms with E-state index in [2.05, 4.69) is 24.1 Å². The Morgan fingerprint density at radius 3 is 2.16 bits per heavy atom. The molecule has 2 rings (SSSR count). The summed E-state index contributed by atoms with van der Waals surface area (Å²) in [5, 5.41) is 3.25. The highest BCUT2D eigenvalue weighted by molar-refractivity contribution is 5.85. The second-order valence-corrected chi connectivity index (χ2v) is 6.51. The van der Waals surface area contributed by atoms with Gasteiger partial charge in [-0.2, -0.15) is 13.2 Å². The number of benzene rings is 1. The molecule has 0 amide bonds. The molecule has 0 aliphatic carbocycles. The van der Waals surface area contributed by atoms with Crippen molar-refractivity contribution in [3.8, 4) is 0 Å². The lowest BCUT2D eigenvalue weighted by molar-refractivity contribution is -0.137. The first kappa shape index (κ1) is 24.4. The van der Waals surface area contributed by atoms with Gasteiger partial charge in [0.2, 0.25) is 0 Å². The molecular formula is C17H26Cl2F4N2. The Balaban J connectivity index is 0.00000288. The summed E-state index contributed by atoms with van der Waals surface area (Å²) in [5.41, 5.74) is -0.553. The first-order valence-electron chi connectivity index (χ1n) is 8.10. The van der Waals surface area contributed by atoms with Crippen molar-refractivity contribution in [1.82, 2.24) is 10.2 Å². The van der Waals surface area contributed by atoms with Crippen LogP contribution in [-0.2, 0) is 6.18 Å². The summed E-state index contributed by atoms with van der Waals surface area (Å²) in [6, 6.07) is 2.76. The first-order valence-corrected chi connectivity index (χ1v) is 8.10. The topological polar surface area (TPSA) is 15.3 Å². The molecule has 1 saturated heterocycles. The van der Waals surface area contributed by atoms with E-state index in [1.807, 2.05) is 0 Å². The molecule has 0 radical (unpaired) electrons. The van der Waals surface area contributed by atoms with Gasteiger partial charge in [0.15, 0.2) is 0 Å². The highest BCUT2D eigenvalue weighted by Gasteiger charge is 2.32. The van der Waals surface area contributed by atoms with E-state index < -0.39 is 17.6 Å². The fourth-order valence-electron chi connectivity index (χ4n) is 2.99. The minimum Gasteiger partial charge on any atom is -0.314 e. The van der Waals surface area contributed by atoms with E-state index in [1.54, 1.807) is 0 Å². The van der Waals surface area contributed by atoms with Crippen molar-refractivity contribution in [2.75, 3.05) is 26.2 Å². The van der Waals surface area contributed by atoms with Gasteiger partial charge in [0.05, 0.1) is 5.56 Å². The maximum Gasteiger partial charge on any atom is 0.416 e. The third-order valence-electron chi connectivity index (χ3n) is 4.30. The summed E-state index contributed by atoms with van der Waals surface area (Å²) < 4.78 is 52.5. The lowest BCUT2D eigenvalue weighted by atomic mass is 9.94. The van der Waals surface area contributed by atoms with E-state index in [0.717, 1.165) is 45.1 Å². The van der Waals surface area contributed by atoms with E-state index in [4.69, 9.17) is 0 Å². The Morgan fingerprint density at radius 1 is 1.08 bits per heavy atom. The predicted octanol–water partition coefficient (Wildman–Crippen LogP) is 5.07. The molecule has 1 aromatic rings.